The van der Waals surface area contributed by atoms with E-state index in [1.807, 2.05) is 42.5 Å². The Labute approximate surface area is 206 Å². The topological polar surface area (TPSA) is 67.3 Å². The first-order valence-electron chi connectivity index (χ1n) is 10.2. The molecule has 0 spiro atoms. The standard InChI is InChI=1S/C24H20Cl2N2O3S2/c25-18-11-13-19(14-12-18)33(30,31)15-5-10-22(29)28(16-17-6-2-1-3-7-17)24-27-23-20(26)8-4-9-21(23)32-24/h1-4,6-9,11-14H,5,10,15-16H2. The van der Waals surface area contributed by atoms with Crippen molar-refractivity contribution in [1.29, 1.82) is 0 Å². The number of para-hydroxylation sites is 1. The summed E-state index contributed by atoms with van der Waals surface area (Å²) in [5.74, 6) is -0.328. The number of anilines is 1. The van der Waals surface area contributed by atoms with E-state index in [9.17, 15) is 13.2 Å². The molecule has 0 aliphatic rings. The van der Waals surface area contributed by atoms with Crippen LogP contribution >= 0.6 is 34.5 Å². The summed E-state index contributed by atoms with van der Waals surface area (Å²) in [5, 5.41) is 1.53. The van der Waals surface area contributed by atoms with Crippen molar-refractivity contribution < 1.29 is 13.2 Å². The summed E-state index contributed by atoms with van der Waals surface area (Å²) >= 11 is 13.5. The van der Waals surface area contributed by atoms with Crippen molar-refractivity contribution in [2.24, 2.45) is 0 Å². The van der Waals surface area contributed by atoms with Gasteiger partial charge in [0.1, 0.15) is 5.52 Å². The Hall–Kier alpha value is -2.45. The minimum atomic E-state index is -3.51. The molecular formula is C24H20Cl2N2O3S2. The molecule has 0 radical (unpaired) electrons. The second-order valence-corrected chi connectivity index (χ2v) is 11.4. The SMILES string of the molecule is O=C(CCCS(=O)(=O)c1ccc(Cl)cc1)N(Cc1ccccc1)c1nc2c(Cl)cccc2s1. The number of sulfone groups is 1. The van der Waals surface area contributed by atoms with Crippen LogP contribution in [0.5, 0.6) is 0 Å². The Morgan fingerprint density at radius 3 is 2.36 bits per heavy atom. The third kappa shape index (κ3) is 5.73. The zero-order chi connectivity index (χ0) is 23.4. The van der Waals surface area contributed by atoms with Gasteiger partial charge in [-0.1, -0.05) is 70.9 Å². The molecule has 0 saturated heterocycles. The first kappa shape index (κ1) is 23.7. The number of carbonyl (C=O) groups is 1. The van der Waals surface area contributed by atoms with Gasteiger partial charge in [-0.15, -0.1) is 0 Å². The number of hydrogen-bond donors (Lipinski definition) is 0. The summed E-state index contributed by atoms with van der Waals surface area (Å²) in [6, 6.07) is 21.2. The molecule has 0 saturated carbocycles. The molecule has 0 bridgehead atoms. The predicted molar refractivity (Wildman–Crippen MR) is 135 cm³/mol. The maximum Gasteiger partial charge on any atom is 0.229 e. The van der Waals surface area contributed by atoms with Crippen LogP contribution in [0.15, 0.2) is 77.7 Å². The molecule has 5 nitrogen and oxygen atoms in total. The fourth-order valence-corrected chi connectivity index (χ4v) is 6.07. The zero-order valence-corrected chi connectivity index (χ0v) is 20.6. The molecule has 4 rings (SSSR count). The summed E-state index contributed by atoms with van der Waals surface area (Å²) < 4.78 is 26.1. The Morgan fingerprint density at radius 1 is 0.939 bits per heavy atom. The van der Waals surface area contributed by atoms with Gasteiger partial charge in [0.25, 0.3) is 0 Å². The zero-order valence-electron chi connectivity index (χ0n) is 17.4. The van der Waals surface area contributed by atoms with Crippen LogP contribution in [0.2, 0.25) is 10.0 Å². The second kappa shape index (κ2) is 10.2. The van der Waals surface area contributed by atoms with Gasteiger partial charge in [0.15, 0.2) is 15.0 Å². The molecule has 0 atom stereocenters. The van der Waals surface area contributed by atoms with Gasteiger partial charge in [0.05, 0.1) is 26.9 Å². The van der Waals surface area contributed by atoms with Crippen LogP contribution in [0.3, 0.4) is 0 Å². The molecule has 3 aromatic carbocycles. The minimum absolute atomic E-state index is 0.0727. The molecule has 1 heterocycles. The fraction of sp³-hybridized carbons (Fsp3) is 0.167. The lowest BCUT2D eigenvalue weighted by molar-refractivity contribution is -0.118. The highest BCUT2D eigenvalue weighted by Crippen LogP contribution is 2.34. The number of thiazole rings is 1. The van der Waals surface area contributed by atoms with Gasteiger partial charge in [0.2, 0.25) is 5.91 Å². The predicted octanol–water partition coefficient (Wildman–Crippen LogP) is 6.39. The lowest BCUT2D eigenvalue weighted by Crippen LogP contribution is -2.30. The van der Waals surface area contributed by atoms with Crippen molar-refractivity contribution in [2.75, 3.05) is 10.7 Å². The van der Waals surface area contributed by atoms with E-state index in [1.165, 1.54) is 23.5 Å². The number of rotatable bonds is 8. The van der Waals surface area contributed by atoms with Gasteiger partial charge >= 0.3 is 0 Å². The highest BCUT2D eigenvalue weighted by molar-refractivity contribution is 7.91. The van der Waals surface area contributed by atoms with Crippen LogP contribution < -0.4 is 4.90 Å². The average Bonchev–Trinajstić information content (AvgIpc) is 3.23. The molecular weight excluding hydrogens is 499 g/mol. The van der Waals surface area contributed by atoms with Crippen LogP contribution in [-0.4, -0.2) is 25.1 Å². The maximum absolute atomic E-state index is 13.2. The van der Waals surface area contributed by atoms with Crippen molar-refractivity contribution in [2.45, 2.75) is 24.3 Å². The maximum atomic E-state index is 13.2. The minimum Gasteiger partial charge on any atom is -0.284 e. The largest absolute Gasteiger partial charge is 0.284 e. The lowest BCUT2D eigenvalue weighted by Gasteiger charge is -2.20. The van der Waals surface area contributed by atoms with Crippen LogP contribution in [0.4, 0.5) is 5.13 Å². The Bertz CT molecular complexity index is 1370. The van der Waals surface area contributed by atoms with E-state index in [4.69, 9.17) is 23.2 Å². The molecule has 1 amide bonds. The summed E-state index contributed by atoms with van der Waals surface area (Å²) in [6.45, 7) is 0.334. The molecule has 33 heavy (non-hydrogen) atoms. The highest BCUT2D eigenvalue weighted by Gasteiger charge is 2.22. The number of fused-ring (bicyclic) bond motifs is 1. The van der Waals surface area contributed by atoms with E-state index < -0.39 is 9.84 Å². The number of amides is 1. The van der Waals surface area contributed by atoms with Gasteiger partial charge in [0, 0.05) is 11.4 Å². The first-order chi connectivity index (χ1) is 15.8. The Balaban J connectivity index is 1.53. The number of halogens is 2. The molecule has 0 aliphatic carbocycles. The second-order valence-electron chi connectivity index (χ2n) is 7.42. The van der Waals surface area contributed by atoms with Gasteiger partial charge in [-0.25, -0.2) is 13.4 Å². The molecule has 0 unspecified atom stereocenters. The molecule has 170 valence electrons. The van der Waals surface area contributed by atoms with Crippen LogP contribution in [-0.2, 0) is 21.2 Å². The van der Waals surface area contributed by atoms with E-state index in [0.29, 0.717) is 27.2 Å². The molecule has 4 aromatic rings. The van der Waals surface area contributed by atoms with Crippen molar-refractivity contribution >= 4 is 65.6 Å². The lowest BCUT2D eigenvalue weighted by atomic mass is 10.2. The Morgan fingerprint density at radius 2 is 1.67 bits per heavy atom. The highest BCUT2D eigenvalue weighted by atomic mass is 35.5. The van der Waals surface area contributed by atoms with Gasteiger partial charge in [-0.2, -0.15) is 0 Å². The number of aromatic nitrogens is 1. The van der Waals surface area contributed by atoms with Crippen molar-refractivity contribution in [3.8, 4) is 0 Å². The molecule has 9 heteroatoms. The van der Waals surface area contributed by atoms with Crippen molar-refractivity contribution in [3.63, 3.8) is 0 Å². The molecule has 0 aliphatic heterocycles. The number of nitrogens with zero attached hydrogens (tertiary/aromatic N) is 2. The van der Waals surface area contributed by atoms with E-state index >= 15 is 0 Å². The van der Waals surface area contributed by atoms with Gasteiger partial charge in [-0.05, 0) is 48.4 Å². The summed E-state index contributed by atoms with van der Waals surface area (Å²) in [4.78, 5) is 19.6. The number of benzene rings is 3. The third-order valence-electron chi connectivity index (χ3n) is 5.05. The van der Waals surface area contributed by atoms with Crippen molar-refractivity contribution in [3.05, 3.63) is 88.4 Å². The molecule has 1 aromatic heterocycles. The Kier molecular flexibility index (Phi) is 7.34. The quantitative estimate of drug-likeness (QED) is 0.271. The molecule has 0 fully saturated rings. The van der Waals surface area contributed by atoms with E-state index in [0.717, 1.165) is 10.3 Å². The third-order valence-corrected chi connectivity index (χ3v) is 8.47. The van der Waals surface area contributed by atoms with Gasteiger partial charge < -0.3 is 0 Å². The number of carbonyl (C=O) groups excluding carboxylic acids is 1. The summed E-state index contributed by atoms with van der Waals surface area (Å²) in [5.41, 5.74) is 1.60. The monoisotopic (exact) mass is 518 g/mol. The molecule has 0 N–H and O–H groups in total. The average molecular weight is 519 g/mol. The van der Waals surface area contributed by atoms with Crippen LogP contribution in [0.1, 0.15) is 18.4 Å². The van der Waals surface area contributed by atoms with Crippen molar-refractivity contribution in [1.82, 2.24) is 4.98 Å². The van der Waals surface area contributed by atoms with E-state index in [-0.39, 0.29) is 29.4 Å². The van der Waals surface area contributed by atoms with E-state index in [2.05, 4.69) is 4.98 Å². The van der Waals surface area contributed by atoms with Gasteiger partial charge in [-0.3, -0.25) is 9.69 Å². The van der Waals surface area contributed by atoms with E-state index in [1.54, 1.807) is 23.1 Å². The summed E-state index contributed by atoms with van der Waals surface area (Å²) in [7, 11) is -3.51. The van der Waals surface area contributed by atoms with Crippen LogP contribution in [0.25, 0.3) is 10.2 Å². The number of hydrogen-bond acceptors (Lipinski definition) is 5. The fourth-order valence-electron chi connectivity index (χ4n) is 3.36. The smallest absolute Gasteiger partial charge is 0.229 e. The normalized spacial score (nSPS) is 11.6. The van der Waals surface area contributed by atoms with Crippen LogP contribution in [0, 0.1) is 0 Å². The first-order valence-corrected chi connectivity index (χ1v) is 13.4. The summed E-state index contributed by atoms with van der Waals surface area (Å²) in [6.07, 6.45) is 0.268.